The van der Waals surface area contributed by atoms with Gasteiger partial charge in [0, 0.05) is 6.07 Å². The highest BCUT2D eigenvalue weighted by Gasteiger charge is 2.24. The molecule has 5 nitrogen and oxygen atoms in total. The largest absolute Gasteiger partial charge is 0.618 e. The van der Waals surface area contributed by atoms with Crippen LogP contribution in [-0.2, 0) is 6.61 Å². The maximum Gasteiger partial charge on any atom is 0.358 e. The van der Waals surface area contributed by atoms with Gasteiger partial charge in [-0.2, -0.15) is 4.73 Å². The fourth-order valence-corrected chi connectivity index (χ4v) is 3.51. The third-order valence-corrected chi connectivity index (χ3v) is 4.94. The van der Waals surface area contributed by atoms with Gasteiger partial charge >= 0.3 is 11.3 Å². The van der Waals surface area contributed by atoms with Crippen LogP contribution in [0.25, 0.3) is 21.6 Å². The maximum atomic E-state index is 13.9. The zero-order chi connectivity index (χ0) is 19.0. The molecule has 0 aliphatic heterocycles. The molecule has 0 saturated heterocycles. The minimum absolute atomic E-state index is 0.113. The van der Waals surface area contributed by atoms with Crippen molar-refractivity contribution in [1.82, 2.24) is 4.73 Å². The van der Waals surface area contributed by atoms with Gasteiger partial charge in [-0.05, 0) is 29.6 Å². The number of halogens is 2. The Balaban J connectivity index is 1.88. The number of hydrogen-bond acceptors (Lipinski definition) is 4. The molecule has 0 atom stereocenters. The molecule has 0 N–H and O–H groups in total. The van der Waals surface area contributed by atoms with E-state index < -0.39 is 23.8 Å². The Kier molecular flexibility index (Phi) is 4.33. The number of nitrogens with zero attached hydrogens (tertiary/aromatic N) is 2. The number of benzene rings is 2. The zero-order valence-corrected chi connectivity index (χ0v) is 14.6. The summed E-state index contributed by atoms with van der Waals surface area (Å²) < 4.78 is 29.2. The number of para-hydroxylation sites is 2. The summed E-state index contributed by atoms with van der Waals surface area (Å²) in [6.45, 7) is -0.505. The van der Waals surface area contributed by atoms with E-state index in [1.165, 1.54) is 23.5 Å². The summed E-state index contributed by atoms with van der Waals surface area (Å²) in [6, 6.07) is 13.2. The molecule has 0 aliphatic rings. The minimum atomic E-state index is -0.777. The zero-order valence-electron chi connectivity index (χ0n) is 13.8. The van der Waals surface area contributed by atoms with E-state index >= 15 is 0 Å². The Hall–Kier alpha value is -3.26. The Morgan fingerprint density at radius 2 is 1.78 bits per heavy atom. The fraction of sp³-hybridized carbons (Fsp3) is 0.0526. The van der Waals surface area contributed by atoms with E-state index in [9.17, 15) is 18.8 Å². The number of fused-ring (bicyclic) bond motifs is 1. The van der Waals surface area contributed by atoms with E-state index in [1.807, 2.05) is 0 Å². The third kappa shape index (κ3) is 2.93. The summed E-state index contributed by atoms with van der Waals surface area (Å²) in [7, 11) is 0. The third-order valence-electron chi connectivity index (χ3n) is 4.06. The van der Waals surface area contributed by atoms with Crippen LogP contribution >= 0.6 is 11.3 Å². The number of hydrogen-bond donors (Lipinski definition) is 0. The average molecular weight is 386 g/mol. The van der Waals surface area contributed by atoms with E-state index in [0.29, 0.717) is 9.61 Å². The molecule has 136 valence electrons. The molecule has 0 bridgehead atoms. The van der Waals surface area contributed by atoms with Crippen LogP contribution in [-0.4, -0.2) is 4.73 Å². The number of rotatable bonds is 4. The first-order valence-electron chi connectivity index (χ1n) is 7.95. The van der Waals surface area contributed by atoms with Crippen molar-refractivity contribution in [2.75, 3.05) is 0 Å². The highest BCUT2D eigenvalue weighted by molar-refractivity contribution is 7.13. The molecular weight excluding hydrogens is 374 g/mol. The van der Waals surface area contributed by atoms with Crippen molar-refractivity contribution < 1.29 is 18.3 Å². The Morgan fingerprint density at radius 3 is 2.48 bits per heavy atom. The van der Waals surface area contributed by atoms with Crippen molar-refractivity contribution in [2.24, 2.45) is 0 Å². The lowest BCUT2D eigenvalue weighted by Crippen LogP contribution is -2.42. The molecule has 2 aromatic heterocycles. The first kappa shape index (κ1) is 17.2. The van der Waals surface area contributed by atoms with E-state index in [0.717, 1.165) is 16.9 Å². The molecule has 0 unspecified atom stereocenters. The molecule has 0 radical (unpaired) electrons. The van der Waals surface area contributed by atoms with Crippen LogP contribution in [0, 0.1) is 16.8 Å². The Labute approximate surface area is 155 Å². The van der Waals surface area contributed by atoms with Crippen molar-refractivity contribution in [3.05, 3.63) is 92.7 Å². The average Bonchev–Trinajstić information content (AvgIpc) is 3.18. The molecule has 2 aromatic carbocycles. The second kappa shape index (κ2) is 6.81. The van der Waals surface area contributed by atoms with E-state index in [4.69, 9.17) is 4.84 Å². The van der Waals surface area contributed by atoms with Crippen LogP contribution in [0.1, 0.15) is 5.56 Å². The highest BCUT2D eigenvalue weighted by Crippen LogP contribution is 2.21. The van der Waals surface area contributed by atoms with Crippen molar-refractivity contribution in [2.45, 2.75) is 6.61 Å². The summed E-state index contributed by atoms with van der Waals surface area (Å²) >= 11 is 1.23. The summed E-state index contributed by atoms with van der Waals surface area (Å²) in [5.41, 5.74) is -0.713. The van der Waals surface area contributed by atoms with Gasteiger partial charge in [0.1, 0.15) is 23.1 Å². The summed E-state index contributed by atoms with van der Waals surface area (Å²) in [5.74, 6) is -1.55. The summed E-state index contributed by atoms with van der Waals surface area (Å²) in [5, 5.41) is 14.5. The quantitative estimate of drug-likeness (QED) is 0.400. The molecule has 0 spiro atoms. The van der Waals surface area contributed by atoms with E-state index in [1.54, 1.807) is 35.7 Å². The number of aromatic nitrogens is 2. The van der Waals surface area contributed by atoms with E-state index in [-0.39, 0.29) is 22.3 Å². The van der Waals surface area contributed by atoms with Crippen LogP contribution in [0.3, 0.4) is 0 Å². The normalized spacial score (nSPS) is 11.0. The molecule has 4 aromatic rings. The molecular formula is C19H12F2N2O3S. The lowest BCUT2D eigenvalue weighted by Gasteiger charge is -2.14. The molecule has 8 heteroatoms. The number of thiophene rings is 1. The summed E-state index contributed by atoms with van der Waals surface area (Å²) in [4.78, 5) is 18.9. The van der Waals surface area contributed by atoms with Gasteiger partial charge in [-0.1, -0.05) is 24.3 Å². The monoisotopic (exact) mass is 386 g/mol. The molecule has 0 saturated carbocycles. The molecule has 27 heavy (non-hydrogen) atoms. The lowest BCUT2D eigenvalue weighted by molar-refractivity contribution is -0.566. The van der Waals surface area contributed by atoms with Gasteiger partial charge in [-0.15, -0.1) is 16.1 Å². The standard InChI is InChI=1S/C19H12F2N2O3S/c20-13-5-3-6-14(21)12(13)11-26-23-16-8-2-1-7-15(16)22(25)18(19(23)24)17-9-4-10-27-17/h1-10H,11H2. The van der Waals surface area contributed by atoms with Gasteiger partial charge in [-0.3, -0.25) is 4.79 Å². The van der Waals surface area contributed by atoms with Gasteiger partial charge in [-0.25, -0.2) is 8.78 Å². The molecule has 2 heterocycles. The van der Waals surface area contributed by atoms with Gasteiger partial charge in [0.25, 0.3) is 0 Å². The van der Waals surface area contributed by atoms with Crippen LogP contribution in [0.5, 0.6) is 0 Å². The second-order valence-corrected chi connectivity index (χ2v) is 6.63. The van der Waals surface area contributed by atoms with Crippen molar-refractivity contribution in [3.8, 4) is 10.6 Å². The topological polar surface area (TPSA) is 58.2 Å². The highest BCUT2D eigenvalue weighted by atomic mass is 32.1. The van der Waals surface area contributed by atoms with Crippen molar-refractivity contribution in [3.63, 3.8) is 0 Å². The van der Waals surface area contributed by atoms with Crippen LogP contribution in [0.4, 0.5) is 8.78 Å². The first-order chi connectivity index (χ1) is 13.1. The first-order valence-corrected chi connectivity index (χ1v) is 8.83. The van der Waals surface area contributed by atoms with Crippen molar-refractivity contribution in [1.29, 1.82) is 0 Å². The Morgan fingerprint density at radius 1 is 1.04 bits per heavy atom. The second-order valence-electron chi connectivity index (χ2n) is 5.68. The van der Waals surface area contributed by atoms with Gasteiger partial charge < -0.3 is 10.0 Å². The lowest BCUT2D eigenvalue weighted by atomic mass is 10.2. The van der Waals surface area contributed by atoms with Gasteiger partial charge in [0.15, 0.2) is 5.52 Å². The van der Waals surface area contributed by atoms with Crippen LogP contribution in [0.2, 0.25) is 0 Å². The maximum absolute atomic E-state index is 13.9. The Bertz CT molecular complexity index is 1170. The van der Waals surface area contributed by atoms with E-state index in [2.05, 4.69) is 0 Å². The smallest absolute Gasteiger partial charge is 0.358 e. The molecule has 0 amide bonds. The minimum Gasteiger partial charge on any atom is -0.618 e. The fourth-order valence-electron chi connectivity index (χ4n) is 2.77. The predicted molar refractivity (Wildman–Crippen MR) is 97.1 cm³/mol. The SMILES string of the molecule is O=c1c(-c2cccs2)[n+]([O-])c2ccccc2n1OCc1c(F)cccc1F. The van der Waals surface area contributed by atoms with Crippen LogP contribution < -0.4 is 15.1 Å². The van der Waals surface area contributed by atoms with Crippen LogP contribution in [0.15, 0.2) is 64.8 Å². The van der Waals surface area contributed by atoms with Gasteiger partial charge in [0.2, 0.25) is 5.52 Å². The molecule has 0 fully saturated rings. The molecule has 4 rings (SSSR count). The van der Waals surface area contributed by atoms with Gasteiger partial charge in [0.05, 0.1) is 5.56 Å². The predicted octanol–water partition coefficient (Wildman–Crippen LogP) is 3.27. The van der Waals surface area contributed by atoms with Crippen molar-refractivity contribution >= 4 is 22.4 Å². The molecule has 0 aliphatic carbocycles. The summed E-state index contributed by atoms with van der Waals surface area (Å²) in [6.07, 6.45) is 0.